The lowest BCUT2D eigenvalue weighted by molar-refractivity contribution is 0.0996. The predicted molar refractivity (Wildman–Crippen MR) is 65.4 cm³/mol. The summed E-state index contributed by atoms with van der Waals surface area (Å²) in [6.07, 6.45) is 1.66. The Morgan fingerprint density at radius 2 is 2.19 bits per heavy atom. The molecule has 0 atom stereocenters. The number of hydrogen-bond donors (Lipinski definition) is 1. The van der Waals surface area contributed by atoms with Crippen LogP contribution in [0.3, 0.4) is 0 Å². The molecule has 0 unspecified atom stereocenters. The summed E-state index contributed by atoms with van der Waals surface area (Å²) in [7, 11) is 0. The number of imidazole rings is 1. The Balaban J connectivity index is 2.33. The van der Waals surface area contributed by atoms with Crippen molar-refractivity contribution in [2.24, 2.45) is 0 Å². The standard InChI is InChI=1S/C12H11BrN2O/c1-12(2)9-5-7(13)3-4-8(9)10-11(16-12)15-6-14-10/h3-6H,1-2H3,(H,14,15). The Kier molecular flexibility index (Phi) is 1.92. The fourth-order valence-corrected chi connectivity index (χ4v) is 2.44. The van der Waals surface area contributed by atoms with Crippen molar-refractivity contribution in [2.75, 3.05) is 0 Å². The second kappa shape index (κ2) is 3.10. The Hall–Kier alpha value is -1.29. The van der Waals surface area contributed by atoms with E-state index >= 15 is 0 Å². The van der Waals surface area contributed by atoms with Crippen LogP contribution < -0.4 is 4.74 Å². The van der Waals surface area contributed by atoms with Gasteiger partial charge in [0.1, 0.15) is 11.3 Å². The van der Waals surface area contributed by atoms with Crippen molar-refractivity contribution < 1.29 is 4.74 Å². The van der Waals surface area contributed by atoms with Gasteiger partial charge in [-0.15, -0.1) is 0 Å². The van der Waals surface area contributed by atoms with Crippen LogP contribution in [0.15, 0.2) is 29.0 Å². The summed E-state index contributed by atoms with van der Waals surface area (Å²) in [4.78, 5) is 7.30. The topological polar surface area (TPSA) is 37.9 Å². The summed E-state index contributed by atoms with van der Waals surface area (Å²) in [5, 5.41) is 0. The highest BCUT2D eigenvalue weighted by Gasteiger charge is 2.34. The number of rotatable bonds is 0. The van der Waals surface area contributed by atoms with Gasteiger partial charge in [0, 0.05) is 15.6 Å². The highest BCUT2D eigenvalue weighted by atomic mass is 79.9. The van der Waals surface area contributed by atoms with Gasteiger partial charge < -0.3 is 9.72 Å². The Morgan fingerprint density at radius 3 is 3.00 bits per heavy atom. The van der Waals surface area contributed by atoms with E-state index in [-0.39, 0.29) is 5.60 Å². The van der Waals surface area contributed by atoms with Crippen LogP contribution in [0.4, 0.5) is 0 Å². The van der Waals surface area contributed by atoms with Gasteiger partial charge in [0.2, 0.25) is 5.88 Å². The summed E-state index contributed by atoms with van der Waals surface area (Å²) in [6, 6.07) is 6.21. The molecule has 3 nitrogen and oxygen atoms in total. The molecular formula is C12H11BrN2O. The molecule has 16 heavy (non-hydrogen) atoms. The first kappa shape index (κ1) is 9.90. The largest absolute Gasteiger partial charge is 0.465 e. The number of fused-ring (bicyclic) bond motifs is 3. The average molecular weight is 279 g/mol. The lowest BCUT2D eigenvalue weighted by Crippen LogP contribution is -2.29. The lowest BCUT2D eigenvalue weighted by atomic mass is 9.89. The van der Waals surface area contributed by atoms with Crippen molar-refractivity contribution in [3.05, 3.63) is 34.6 Å². The first-order valence-corrected chi connectivity index (χ1v) is 5.90. The van der Waals surface area contributed by atoms with Gasteiger partial charge >= 0.3 is 0 Å². The van der Waals surface area contributed by atoms with Gasteiger partial charge in [-0.1, -0.05) is 22.0 Å². The second-order valence-electron chi connectivity index (χ2n) is 4.38. The highest BCUT2D eigenvalue weighted by Crippen LogP contribution is 2.43. The zero-order chi connectivity index (χ0) is 11.3. The molecule has 0 saturated carbocycles. The number of ether oxygens (including phenoxy) is 1. The SMILES string of the molecule is CC1(C)Oc2nc[nH]c2-c2ccc(Br)cc21. The van der Waals surface area contributed by atoms with E-state index in [4.69, 9.17) is 4.74 Å². The van der Waals surface area contributed by atoms with Gasteiger partial charge in [-0.3, -0.25) is 0 Å². The number of aromatic nitrogens is 2. The van der Waals surface area contributed by atoms with Crippen molar-refractivity contribution >= 4 is 15.9 Å². The van der Waals surface area contributed by atoms with Crippen LogP contribution in [0, 0.1) is 0 Å². The molecule has 0 fully saturated rings. The molecule has 0 amide bonds. The molecule has 82 valence electrons. The molecule has 4 heteroatoms. The minimum absolute atomic E-state index is 0.346. The number of aromatic amines is 1. The van der Waals surface area contributed by atoms with Crippen LogP contribution in [0.5, 0.6) is 5.88 Å². The molecule has 2 aromatic rings. The van der Waals surface area contributed by atoms with E-state index in [2.05, 4.69) is 51.9 Å². The van der Waals surface area contributed by atoms with Crippen molar-refractivity contribution in [1.29, 1.82) is 0 Å². The minimum atomic E-state index is -0.346. The lowest BCUT2D eigenvalue weighted by Gasteiger charge is -2.32. The number of hydrogen-bond acceptors (Lipinski definition) is 2. The highest BCUT2D eigenvalue weighted by molar-refractivity contribution is 9.10. The Bertz CT molecular complexity index is 560. The smallest absolute Gasteiger partial charge is 0.240 e. The summed E-state index contributed by atoms with van der Waals surface area (Å²) < 4.78 is 6.94. The maximum Gasteiger partial charge on any atom is 0.240 e. The van der Waals surface area contributed by atoms with Crippen molar-refractivity contribution in [3.8, 4) is 17.1 Å². The Labute approximate surface area is 102 Å². The van der Waals surface area contributed by atoms with Crippen LogP contribution in [0.2, 0.25) is 0 Å². The van der Waals surface area contributed by atoms with Gasteiger partial charge in [-0.2, -0.15) is 0 Å². The van der Waals surface area contributed by atoms with Crippen LogP contribution in [0.25, 0.3) is 11.3 Å². The van der Waals surface area contributed by atoms with E-state index in [9.17, 15) is 0 Å². The van der Waals surface area contributed by atoms with E-state index in [1.807, 2.05) is 6.07 Å². The van der Waals surface area contributed by atoms with Crippen LogP contribution in [-0.2, 0) is 5.60 Å². The van der Waals surface area contributed by atoms with Crippen LogP contribution in [0.1, 0.15) is 19.4 Å². The van der Waals surface area contributed by atoms with Crippen molar-refractivity contribution in [3.63, 3.8) is 0 Å². The molecule has 2 heterocycles. The fourth-order valence-electron chi connectivity index (χ4n) is 2.08. The summed E-state index contributed by atoms with van der Waals surface area (Å²) in [6.45, 7) is 4.10. The van der Waals surface area contributed by atoms with E-state index < -0.39 is 0 Å². The summed E-state index contributed by atoms with van der Waals surface area (Å²) in [5.74, 6) is 0.680. The predicted octanol–water partition coefficient (Wildman–Crippen LogP) is 3.47. The number of nitrogens with one attached hydrogen (secondary N) is 1. The Morgan fingerprint density at radius 1 is 1.38 bits per heavy atom. The molecule has 0 saturated heterocycles. The molecule has 1 aliphatic rings. The molecule has 0 bridgehead atoms. The molecule has 1 aromatic carbocycles. The zero-order valence-corrected chi connectivity index (χ0v) is 10.6. The third-order valence-electron chi connectivity index (χ3n) is 2.86. The number of nitrogens with zero attached hydrogens (tertiary/aromatic N) is 1. The molecule has 0 spiro atoms. The number of benzene rings is 1. The van der Waals surface area contributed by atoms with Crippen molar-refractivity contribution in [1.82, 2.24) is 9.97 Å². The molecule has 0 radical (unpaired) electrons. The third-order valence-corrected chi connectivity index (χ3v) is 3.35. The molecule has 3 rings (SSSR count). The van der Waals surface area contributed by atoms with Gasteiger partial charge in [0.05, 0.1) is 6.33 Å². The van der Waals surface area contributed by atoms with Gasteiger partial charge in [-0.25, -0.2) is 4.98 Å². The van der Waals surface area contributed by atoms with Crippen LogP contribution in [-0.4, -0.2) is 9.97 Å². The van der Waals surface area contributed by atoms with E-state index in [0.717, 1.165) is 15.7 Å². The molecule has 1 aliphatic heterocycles. The third kappa shape index (κ3) is 1.29. The van der Waals surface area contributed by atoms with E-state index in [1.54, 1.807) is 6.33 Å². The molecule has 0 aliphatic carbocycles. The first-order valence-electron chi connectivity index (χ1n) is 5.11. The van der Waals surface area contributed by atoms with E-state index in [0.29, 0.717) is 5.88 Å². The monoisotopic (exact) mass is 278 g/mol. The van der Waals surface area contributed by atoms with Gasteiger partial charge in [0.15, 0.2) is 0 Å². The second-order valence-corrected chi connectivity index (χ2v) is 5.30. The normalized spacial score (nSPS) is 16.2. The fraction of sp³-hybridized carbons (Fsp3) is 0.250. The van der Waals surface area contributed by atoms with Crippen LogP contribution >= 0.6 is 15.9 Å². The van der Waals surface area contributed by atoms with E-state index in [1.165, 1.54) is 5.56 Å². The summed E-state index contributed by atoms with van der Waals surface area (Å²) in [5.41, 5.74) is 2.94. The zero-order valence-electron chi connectivity index (χ0n) is 9.04. The quantitative estimate of drug-likeness (QED) is 0.801. The maximum absolute atomic E-state index is 5.88. The number of halogens is 1. The first-order chi connectivity index (χ1) is 7.58. The summed E-state index contributed by atoms with van der Waals surface area (Å²) >= 11 is 3.49. The minimum Gasteiger partial charge on any atom is -0.465 e. The maximum atomic E-state index is 5.88. The average Bonchev–Trinajstić information content (AvgIpc) is 2.65. The molecule has 1 aromatic heterocycles. The molecular weight excluding hydrogens is 268 g/mol. The van der Waals surface area contributed by atoms with Gasteiger partial charge in [-0.05, 0) is 26.0 Å². The number of H-pyrrole nitrogens is 1. The van der Waals surface area contributed by atoms with Gasteiger partial charge in [0.25, 0.3) is 0 Å². The van der Waals surface area contributed by atoms with Crippen molar-refractivity contribution in [2.45, 2.75) is 19.4 Å². The molecule has 1 N–H and O–H groups in total.